The van der Waals surface area contributed by atoms with Crippen molar-refractivity contribution < 1.29 is 9.15 Å². The lowest BCUT2D eigenvalue weighted by Gasteiger charge is -2.29. The molecule has 0 saturated carbocycles. The van der Waals surface area contributed by atoms with E-state index < -0.39 is 0 Å². The molecule has 0 radical (unpaired) electrons. The molecule has 0 amide bonds. The molecule has 0 unspecified atom stereocenters. The van der Waals surface area contributed by atoms with Crippen LogP contribution in [-0.4, -0.2) is 17.8 Å². The summed E-state index contributed by atoms with van der Waals surface area (Å²) < 4.78 is 11.4. The minimum Gasteiger partial charge on any atom is -0.497 e. The number of aromatic nitrogens is 1. The van der Waals surface area contributed by atoms with E-state index in [4.69, 9.17) is 19.2 Å². The molecule has 4 aromatic rings. The van der Waals surface area contributed by atoms with Gasteiger partial charge in [-0.2, -0.15) is 10.1 Å². The van der Waals surface area contributed by atoms with E-state index in [9.17, 15) is 0 Å². The van der Waals surface area contributed by atoms with Gasteiger partial charge in [-0.15, -0.1) is 0 Å². The van der Waals surface area contributed by atoms with E-state index in [0.717, 1.165) is 35.6 Å². The van der Waals surface area contributed by atoms with Gasteiger partial charge in [0, 0.05) is 17.0 Å². The van der Waals surface area contributed by atoms with Gasteiger partial charge < -0.3 is 9.15 Å². The van der Waals surface area contributed by atoms with Gasteiger partial charge in [-0.25, -0.2) is 5.01 Å². The standard InChI is InChI=1S/C27H23N3O2/c1-31-21-13-15-22-20(16-21)12-14-23-25(22)29-30(26(23)19-10-6-3-7-11-19)27-28-24(17-32-27)18-8-4-2-5-9-18/h2-11,13,15-17,23,26H,12,14H2,1H3/t23-,26+/m0/s1. The molecule has 6 rings (SSSR count). The van der Waals surface area contributed by atoms with Crippen molar-refractivity contribution in [3.05, 3.63) is 102 Å². The van der Waals surface area contributed by atoms with Crippen LogP contribution in [0.15, 0.2) is 94.6 Å². The number of hydrazone groups is 1. The van der Waals surface area contributed by atoms with Crippen LogP contribution in [0.3, 0.4) is 0 Å². The third kappa shape index (κ3) is 3.09. The van der Waals surface area contributed by atoms with Gasteiger partial charge in [-0.3, -0.25) is 0 Å². The van der Waals surface area contributed by atoms with Crippen molar-refractivity contribution in [3.8, 4) is 17.0 Å². The first-order valence-corrected chi connectivity index (χ1v) is 10.9. The number of anilines is 1. The quantitative estimate of drug-likeness (QED) is 0.413. The predicted molar refractivity (Wildman–Crippen MR) is 125 cm³/mol. The zero-order valence-electron chi connectivity index (χ0n) is 17.8. The first-order valence-electron chi connectivity index (χ1n) is 10.9. The van der Waals surface area contributed by atoms with Gasteiger partial charge in [-0.1, -0.05) is 60.7 Å². The average Bonchev–Trinajstić information content (AvgIpc) is 3.50. The lowest BCUT2D eigenvalue weighted by molar-refractivity contribution is 0.413. The minimum atomic E-state index is 0.0451. The number of oxazole rings is 1. The number of ether oxygens (including phenoxy) is 1. The second kappa shape index (κ2) is 7.68. The zero-order chi connectivity index (χ0) is 21.5. The van der Waals surface area contributed by atoms with Crippen molar-refractivity contribution in [1.29, 1.82) is 0 Å². The summed E-state index contributed by atoms with van der Waals surface area (Å²) in [4.78, 5) is 4.81. The highest BCUT2D eigenvalue weighted by Gasteiger charge is 2.43. The lowest BCUT2D eigenvalue weighted by atomic mass is 9.77. The van der Waals surface area contributed by atoms with Crippen molar-refractivity contribution in [3.63, 3.8) is 0 Å². The zero-order valence-corrected chi connectivity index (χ0v) is 17.8. The second-order valence-corrected chi connectivity index (χ2v) is 8.23. The van der Waals surface area contributed by atoms with Crippen LogP contribution in [0.2, 0.25) is 0 Å². The topological polar surface area (TPSA) is 50.9 Å². The van der Waals surface area contributed by atoms with E-state index in [-0.39, 0.29) is 12.0 Å². The number of nitrogens with zero attached hydrogens (tertiary/aromatic N) is 3. The second-order valence-electron chi connectivity index (χ2n) is 8.23. The predicted octanol–water partition coefficient (Wildman–Crippen LogP) is 5.88. The minimum absolute atomic E-state index is 0.0451. The summed E-state index contributed by atoms with van der Waals surface area (Å²) in [5.74, 6) is 1.16. The molecule has 1 aliphatic heterocycles. The van der Waals surface area contributed by atoms with Crippen molar-refractivity contribution in [2.45, 2.75) is 18.9 Å². The Hall–Kier alpha value is -3.86. The van der Waals surface area contributed by atoms with Crippen LogP contribution in [0, 0.1) is 5.92 Å². The first-order chi connectivity index (χ1) is 15.8. The fourth-order valence-electron chi connectivity index (χ4n) is 4.88. The third-order valence-electron chi connectivity index (χ3n) is 6.42. The molecule has 1 aromatic heterocycles. The van der Waals surface area contributed by atoms with E-state index in [0.29, 0.717) is 6.01 Å². The monoisotopic (exact) mass is 421 g/mol. The highest BCUT2D eigenvalue weighted by Crippen LogP contribution is 2.45. The molecule has 0 saturated heterocycles. The maximum atomic E-state index is 5.97. The Balaban J connectivity index is 1.45. The van der Waals surface area contributed by atoms with Crippen molar-refractivity contribution in [2.75, 3.05) is 12.1 Å². The maximum Gasteiger partial charge on any atom is 0.319 e. The Bertz CT molecular complexity index is 1280. The SMILES string of the molecule is COc1ccc2c(c1)CC[C@H]1C2=NN(c2nc(-c3ccccc3)co2)[C@@H]1c1ccccc1. The molecule has 0 bridgehead atoms. The molecule has 5 nitrogen and oxygen atoms in total. The van der Waals surface area contributed by atoms with Crippen molar-refractivity contribution in [1.82, 2.24) is 4.98 Å². The van der Waals surface area contributed by atoms with E-state index >= 15 is 0 Å². The summed E-state index contributed by atoms with van der Waals surface area (Å²) >= 11 is 0. The van der Waals surface area contributed by atoms with Gasteiger partial charge in [0.05, 0.1) is 18.9 Å². The highest BCUT2D eigenvalue weighted by atomic mass is 16.5. The molecule has 2 heterocycles. The molecule has 3 aromatic carbocycles. The van der Waals surface area contributed by atoms with E-state index in [1.807, 2.05) is 47.5 Å². The molecule has 1 aliphatic carbocycles. The molecule has 0 spiro atoms. The van der Waals surface area contributed by atoms with Crippen molar-refractivity contribution in [2.24, 2.45) is 11.0 Å². The van der Waals surface area contributed by atoms with Gasteiger partial charge in [0.1, 0.15) is 17.7 Å². The molecule has 2 aliphatic rings. The van der Waals surface area contributed by atoms with Gasteiger partial charge >= 0.3 is 6.01 Å². The molecule has 32 heavy (non-hydrogen) atoms. The normalized spacial score (nSPS) is 19.3. The molecule has 0 fully saturated rings. The lowest BCUT2D eigenvalue weighted by Crippen LogP contribution is -2.28. The number of benzene rings is 3. The van der Waals surface area contributed by atoms with Gasteiger partial charge in [0.25, 0.3) is 0 Å². The fraction of sp³-hybridized carbons (Fsp3) is 0.185. The highest BCUT2D eigenvalue weighted by molar-refractivity contribution is 6.07. The summed E-state index contributed by atoms with van der Waals surface area (Å²) in [6, 6.07) is 27.5. The summed E-state index contributed by atoms with van der Waals surface area (Å²) in [7, 11) is 1.71. The number of hydrogen-bond donors (Lipinski definition) is 0. The molecule has 5 heteroatoms. The summed E-state index contributed by atoms with van der Waals surface area (Å²) in [5.41, 5.74) is 6.63. The van der Waals surface area contributed by atoms with Crippen LogP contribution < -0.4 is 9.75 Å². The van der Waals surface area contributed by atoms with Crippen LogP contribution in [0.25, 0.3) is 11.3 Å². The van der Waals surface area contributed by atoms with E-state index in [2.05, 4.69) is 36.4 Å². The number of methoxy groups -OCH3 is 1. The molecular weight excluding hydrogens is 398 g/mol. The van der Waals surface area contributed by atoms with Crippen LogP contribution in [0.4, 0.5) is 6.01 Å². The molecule has 2 atom stereocenters. The van der Waals surface area contributed by atoms with Crippen LogP contribution >= 0.6 is 0 Å². The smallest absolute Gasteiger partial charge is 0.319 e. The Morgan fingerprint density at radius 1 is 0.969 bits per heavy atom. The molecule has 158 valence electrons. The fourth-order valence-corrected chi connectivity index (χ4v) is 4.88. The Morgan fingerprint density at radius 3 is 2.53 bits per heavy atom. The Labute approximate surface area is 187 Å². The number of hydrogen-bond acceptors (Lipinski definition) is 5. The summed E-state index contributed by atoms with van der Waals surface area (Å²) in [6.07, 6.45) is 3.73. The summed E-state index contributed by atoms with van der Waals surface area (Å²) in [6.45, 7) is 0. The van der Waals surface area contributed by atoms with Gasteiger partial charge in [0.15, 0.2) is 0 Å². The van der Waals surface area contributed by atoms with E-state index in [1.165, 1.54) is 16.7 Å². The maximum absolute atomic E-state index is 5.97. The molecule has 0 N–H and O–H groups in total. The summed E-state index contributed by atoms with van der Waals surface area (Å²) in [5, 5.41) is 7.07. The van der Waals surface area contributed by atoms with Gasteiger partial charge in [0.2, 0.25) is 0 Å². The first kappa shape index (κ1) is 18.9. The Morgan fingerprint density at radius 2 is 1.75 bits per heavy atom. The number of rotatable bonds is 4. The number of fused-ring (bicyclic) bond motifs is 3. The van der Waals surface area contributed by atoms with Crippen LogP contribution in [0.1, 0.15) is 29.2 Å². The third-order valence-corrected chi connectivity index (χ3v) is 6.42. The van der Waals surface area contributed by atoms with E-state index in [1.54, 1.807) is 13.4 Å². The number of aryl methyl sites for hydroxylation is 1. The van der Waals surface area contributed by atoms with Gasteiger partial charge in [-0.05, 0) is 42.2 Å². The van der Waals surface area contributed by atoms with Crippen LogP contribution in [-0.2, 0) is 6.42 Å². The Kier molecular flexibility index (Phi) is 4.53. The average molecular weight is 422 g/mol. The molecular formula is C27H23N3O2. The van der Waals surface area contributed by atoms with Crippen LogP contribution in [0.5, 0.6) is 5.75 Å². The van der Waals surface area contributed by atoms with Crippen molar-refractivity contribution >= 4 is 11.7 Å². The largest absolute Gasteiger partial charge is 0.497 e.